The van der Waals surface area contributed by atoms with Crippen LogP contribution < -0.4 is 10.6 Å². The maximum atomic E-state index is 11.8. The predicted molar refractivity (Wildman–Crippen MR) is 78.9 cm³/mol. The first kappa shape index (κ1) is 15.3. The fourth-order valence-corrected chi connectivity index (χ4v) is 3.18. The molecule has 112 valence electrons. The van der Waals surface area contributed by atoms with E-state index in [1.165, 1.54) is 12.8 Å². The summed E-state index contributed by atoms with van der Waals surface area (Å²) in [5.41, 5.74) is 0. The third-order valence-electron chi connectivity index (χ3n) is 3.41. The van der Waals surface area contributed by atoms with Crippen LogP contribution in [0.25, 0.3) is 0 Å². The molecule has 1 aromatic heterocycles. The zero-order valence-corrected chi connectivity index (χ0v) is 12.3. The van der Waals surface area contributed by atoms with Crippen molar-refractivity contribution in [1.29, 1.82) is 0 Å². The molecule has 1 aliphatic carbocycles. The molecule has 0 radical (unpaired) electrons. The summed E-state index contributed by atoms with van der Waals surface area (Å²) < 4.78 is 5.57. The molecule has 2 amide bonds. The van der Waals surface area contributed by atoms with E-state index in [-0.39, 0.29) is 25.3 Å². The quantitative estimate of drug-likeness (QED) is 0.721. The van der Waals surface area contributed by atoms with Crippen molar-refractivity contribution in [3.63, 3.8) is 0 Å². The van der Waals surface area contributed by atoms with E-state index in [2.05, 4.69) is 10.6 Å². The van der Waals surface area contributed by atoms with Gasteiger partial charge in [-0.15, -0.1) is 11.3 Å². The number of carbonyl (C=O) groups is 1. The number of urea groups is 1. The number of hydrogen-bond donors (Lipinski definition) is 3. The highest BCUT2D eigenvalue weighted by Crippen LogP contribution is 2.22. The van der Waals surface area contributed by atoms with E-state index in [0.29, 0.717) is 12.6 Å². The van der Waals surface area contributed by atoms with E-state index in [1.54, 1.807) is 11.3 Å². The topological polar surface area (TPSA) is 70.6 Å². The molecule has 1 aliphatic rings. The van der Waals surface area contributed by atoms with Gasteiger partial charge in [0.05, 0.1) is 19.8 Å². The molecule has 1 aromatic rings. The van der Waals surface area contributed by atoms with Gasteiger partial charge in [0.2, 0.25) is 0 Å². The van der Waals surface area contributed by atoms with Gasteiger partial charge in [-0.25, -0.2) is 4.79 Å². The van der Waals surface area contributed by atoms with E-state index in [1.807, 2.05) is 17.5 Å². The second kappa shape index (κ2) is 8.24. The molecule has 1 fully saturated rings. The summed E-state index contributed by atoms with van der Waals surface area (Å²) in [5, 5.41) is 16.7. The second-order valence-corrected chi connectivity index (χ2v) is 5.91. The molecule has 0 unspecified atom stereocenters. The minimum Gasteiger partial charge on any atom is -0.394 e. The molecule has 1 atom stereocenters. The average Bonchev–Trinajstić information content (AvgIpc) is 3.11. The van der Waals surface area contributed by atoms with E-state index in [4.69, 9.17) is 9.84 Å². The first-order chi connectivity index (χ1) is 9.79. The fraction of sp³-hybridized carbons (Fsp3) is 0.643. The third kappa shape index (κ3) is 4.77. The Morgan fingerprint density at radius 1 is 1.50 bits per heavy atom. The van der Waals surface area contributed by atoms with Crippen molar-refractivity contribution in [3.8, 4) is 0 Å². The second-order valence-electron chi connectivity index (χ2n) is 4.93. The summed E-state index contributed by atoms with van der Waals surface area (Å²) in [4.78, 5) is 12.9. The van der Waals surface area contributed by atoms with Gasteiger partial charge in [-0.3, -0.25) is 0 Å². The van der Waals surface area contributed by atoms with E-state index < -0.39 is 0 Å². The lowest BCUT2D eigenvalue weighted by molar-refractivity contribution is 0.0313. The van der Waals surface area contributed by atoms with Crippen LogP contribution >= 0.6 is 11.3 Å². The highest BCUT2D eigenvalue weighted by Gasteiger charge is 2.18. The number of nitrogens with one attached hydrogen (secondary N) is 2. The summed E-state index contributed by atoms with van der Waals surface area (Å²) in [6, 6.07) is 4.11. The lowest BCUT2D eigenvalue weighted by Crippen LogP contribution is -2.42. The summed E-state index contributed by atoms with van der Waals surface area (Å²) in [5.74, 6) is 0. The number of thiophene rings is 1. The molecular weight excluding hydrogens is 276 g/mol. The summed E-state index contributed by atoms with van der Waals surface area (Å²) in [7, 11) is 0. The normalized spacial score (nSPS) is 17.1. The first-order valence-electron chi connectivity index (χ1n) is 7.10. The van der Waals surface area contributed by atoms with Gasteiger partial charge in [0.1, 0.15) is 6.10 Å². The Labute approximate surface area is 123 Å². The van der Waals surface area contributed by atoms with E-state index in [0.717, 1.165) is 17.7 Å². The SMILES string of the molecule is O=C(NC[C@H](OCCO)c1cccs1)NC1CCCC1. The molecule has 6 heteroatoms. The van der Waals surface area contributed by atoms with Gasteiger partial charge < -0.3 is 20.5 Å². The molecule has 3 N–H and O–H groups in total. The highest BCUT2D eigenvalue weighted by molar-refractivity contribution is 7.10. The van der Waals surface area contributed by atoms with Crippen molar-refractivity contribution in [2.24, 2.45) is 0 Å². The lowest BCUT2D eigenvalue weighted by Gasteiger charge is -2.18. The van der Waals surface area contributed by atoms with Gasteiger partial charge in [0, 0.05) is 10.9 Å². The van der Waals surface area contributed by atoms with Crippen molar-refractivity contribution >= 4 is 17.4 Å². The largest absolute Gasteiger partial charge is 0.394 e. The Hall–Kier alpha value is -1.11. The van der Waals surface area contributed by atoms with Crippen LogP contribution in [0.15, 0.2) is 17.5 Å². The molecule has 1 saturated carbocycles. The van der Waals surface area contributed by atoms with Crippen LogP contribution in [0.3, 0.4) is 0 Å². The van der Waals surface area contributed by atoms with Gasteiger partial charge in [-0.1, -0.05) is 18.9 Å². The van der Waals surface area contributed by atoms with Gasteiger partial charge in [0.25, 0.3) is 0 Å². The zero-order chi connectivity index (χ0) is 14.2. The van der Waals surface area contributed by atoms with Crippen molar-refractivity contribution < 1.29 is 14.6 Å². The Morgan fingerprint density at radius 3 is 2.95 bits per heavy atom. The smallest absolute Gasteiger partial charge is 0.315 e. The maximum Gasteiger partial charge on any atom is 0.315 e. The van der Waals surface area contributed by atoms with Gasteiger partial charge in [-0.2, -0.15) is 0 Å². The van der Waals surface area contributed by atoms with Crippen LogP contribution in [0.2, 0.25) is 0 Å². The molecule has 0 aliphatic heterocycles. The Kier molecular flexibility index (Phi) is 6.29. The monoisotopic (exact) mass is 298 g/mol. The molecular formula is C14H22N2O3S. The summed E-state index contributed by atoms with van der Waals surface area (Å²) in [6.45, 7) is 0.670. The minimum atomic E-state index is -0.198. The van der Waals surface area contributed by atoms with Crippen molar-refractivity contribution in [3.05, 3.63) is 22.4 Å². The first-order valence-corrected chi connectivity index (χ1v) is 7.98. The van der Waals surface area contributed by atoms with Crippen LogP contribution in [0.5, 0.6) is 0 Å². The number of rotatable bonds is 7. The Morgan fingerprint density at radius 2 is 2.30 bits per heavy atom. The van der Waals surface area contributed by atoms with Crippen LogP contribution in [-0.2, 0) is 4.74 Å². The summed E-state index contributed by atoms with van der Waals surface area (Å²) in [6.07, 6.45) is 4.34. The number of carbonyl (C=O) groups excluding carboxylic acids is 1. The number of hydrogen-bond acceptors (Lipinski definition) is 4. The van der Waals surface area contributed by atoms with E-state index in [9.17, 15) is 4.79 Å². The number of ether oxygens (including phenoxy) is 1. The van der Waals surface area contributed by atoms with Crippen LogP contribution in [0.1, 0.15) is 36.7 Å². The Balaban J connectivity index is 1.77. The minimum absolute atomic E-state index is 0.0177. The van der Waals surface area contributed by atoms with Crippen LogP contribution in [-0.4, -0.2) is 36.9 Å². The number of aliphatic hydroxyl groups is 1. The van der Waals surface area contributed by atoms with Gasteiger partial charge in [0.15, 0.2) is 0 Å². The van der Waals surface area contributed by atoms with Crippen LogP contribution in [0.4, 0.5) is 4.79 Å². The number of aliphatic hydroxyl groups excluding tert-OH is 1. The third-order valence-corrected chi connectivity index (χ3v) is 4.37. The molecule has 0 bridgehead atoms. The van der Waals surface area contributed by atoms with E-state index >= 15 is 0 Å². The molecule has 0 saturated heterocycles. The summed E-state index contributed by atoms with van der Waals surface area (Å²) >= 11 is 1.59. The van der Waals surface area contributed by atoms with Crippen LogP contribution in [0, 0.1) is 0 Å². The average molecular weight is 298 g/mol. The highest BCUT2D eigenvalue weighted by atomic mass is 32.1. The van der Waals surface area contributed by atoms with Gasteiger partial charge in [-0.05, 0) is 24.3 Å². The molecule has 0 spiro atoms. The van der Waals surface area contributed by atoms with Crippen molar-refractivity contribution in [2.75, 3.05) is 19.8 Å². The van der Waals surface area contributed by atoms with Crippen molar-refractivity contribution in [2.45, 2.75) is 37.8 Å². The lowest BCUT2D eigenvalue weighted by atomic mass is 10.2. The molecule has 20 heavy (non-hydrogen) atoms. The van der Waals surface area contributed by atoms with Crippen molar-refractivity contribution in [1.82, 2.24) is 10.6 Å². The van der Waals surface area contributed by atoms with Gasteiger partial charge >= 0.3 is 6.03 Å². The zero-order valence-electron chi connectivity index (χ0n) is 11.5. The molecule has 0 aromatic carbocycles. The number of amides is 2. The maximum absolute atomic E-state index is 11.8. The Bertz CT molecular complexity index is 391. The fourth-order valence-electron chi connectivity index (χ4n) is 2.40. The molecule has 2 rings (SSSR count). The standard InChI is InChI=1S/C14H22N2O3S/c17-7-8-19-12(13-6-3-9-20-13)10-15-14(18)16-11-4-1-2-5-11/h3,6,9,11-12,17H,1-2,4-5,7-8,10H2,(H2,15,16,18)/t12-/m0/s1. The molecule has 1 heterocycles. The predicted octanol–water partition coefficient (Wildman–Crippen LogP) is 2.04. The molecule has 5 nitrogen and oxygen atoms in total.